The van der Waals surface area contributed by atoms with E-state index in [9.17, 15) is 0 Å². The van der Waals surface area contributed by atoms with Gasteiger partial charge in [-0.2, -0.15) is 5.10 Å². The van der Waals surface area contributed by atoms with E-state index in [2.05, 4.69) is 55.1 Å². The van der Waals surface area contributed by atoms with Crippen LogP contribution in [0.15, 0.2) is 41.1 Å². The molecule has 0 radical (unpaired) electrons. The van der Waals surface area contributed by atoms with E-state index in [1.807, 2.05) is 13.0 Å². The van der Waals surface area contributed by atoms with Crippen molar-refractivity contribution in [1.82, 2.24) is 25.1 Å². The van der Waals surface area contributed by atoms with E-state index < -0.39 is 0 Å². The number of aliphatic imine (C=N–C) groups is 2. The zero-order valence-corrected chi connectivity index (χ0v) is 13.4. The number of pyridine rings is 1. The van der Waals surface area contributed by atoms with Gasteiger partial charge in [-0.05, 0) is 25.9 Å². The average molecular weight is 319 g/mol. The Hall–Kier alpha value is -3.35. The summed E-state index contributed by atoms with van der Waals surface area (Å²) in [5, 5.41) is 7.14. The van der Waals surface area contributed by atoms with E-state index in [4.69, 9.17) is 0 Å². The topological polar surface area (TPSA) is 95.0 Å². The Morgan fingerprint density at radius 3 is 2.88 bits per heavy atom. The SMILES string of the molecule is C=C/C(=C\N=C)c1ccnc2nc(-c3[nH]nc(N=C)c3CC)[nH]c12. The van der Waals surface area contributed by atoms with E-state index in [1.165, 1.54) is 0 Å². The Morgan fingerprint density at radius 1 is 1.38 bits per heavy atom. The molecular weight excluding hydrogens is 302 g/mol. The van der Waals surface area contributed by atoms with Crippen LogP contribution in [-0.4, -0.2) is 38.6 Å². The third-order valence-corrected chi connectivity index (χ3v) is 3.74. The minimum Gasteiger partial charge on any atom is -0.335 e. The smallest absolute Gasteiger partial charge is 0.178 e. The molecule has 3 heterocycles. The first-order valence-corrected chi connectivity index (χ1v) is 7.41. The molecule has 3 aromatic heterocycles. The highest BCUT2D eigenvalue weighted by Gasteiger charge is 2.17. The first-order chi connectivity index (χ1) is 11.7. The fourth-order valence-corrected chi connectivity index (χ4v) is 2.62. The van der Waals surface area contributed by atoms with Crippen LogP contribution in [0.25, 0.3) is 28.3 Å². The second kappa shape index (κ2) is 6.41. The number of allylic oxidation sites excluding steroid dienone is 2. The zero-order chi connectivity index (χ0) is 17.1. The summed E-state index contributed by atoms with van der Waals surface area (Å²) in [5.74, 6) is 1.24. The number of fused-ring (bicyclic) bond motifs is 1. The third-order valence-electron chi connectivity index (χ3n) is 3.74. The van der Waals surface area contributed by atoms with Gasteiger partial charge in [0.25, 0.3) is 0 Å². The first kappa shape index (κ1) is 15.5. The van der Waals surface area contributed by atoms with Gasteiger partial charge in [0, 0.05) is 29.1 Å². The lowest BCUT2D eigenvalue weighted by Crippen LogP contribution is -1.87. The van der Waals surface area contributed by atoms with E-state index in [-0.39, 0.29) is 0 Å². The van der Waals surface area contributed by atoms with E-state index in [0.29, 0.717) is 17.3 Å². The lowest BCUT2D eigenvalue weighted by atomic mass is 10.1. The predicted molar refractivity (Wildman–Crippen MR) is 97.8 cm³/mol. The van der Waals surface area contributed by atoms with Crippen molar-refractivity contribution < 1.29 is 0 Å². The van der Waals surface area contributed by atoms with Crippen molar-refractivity contribution in [3.8, 4) is 11.5 Å². The van der Waals surface area contributed by atoms with Crippen LogP contribution >= 0.6 is 0 Å². The molecule has 0 fully saturated rings. The quantitative estimate of drug-likeness (QED) is 0.538. The number of H-pyrrole nitrogens is 2. The summed E-state index contributed by atoms with van der Waals surface area (Å²) in [5.41, 5.74) is 4.88. The van der Waals surface area contributed by atoms with Gasteiger partial charge < -0.3 is 4.98 Å². The molecule has 0 atom stereocenters. The second-order valence-corrected chi connectivity index (χ2v) is 5.03. The lowest BCUT2D eigenvalue weighted by Gasteiger charge is -2.01. The monoisotopic (exact) mass is 319 g/mol. The molecule has 0 bridgehead atoms. The Balaban J connectivity index is 2.21. The Bertz CT molecular complexity index is 959. The highest BCUT2D eigenvalue weighted by Crippen LogP contribution is 2.30. The fraction of sp³-hybridized carbons (Fsp3) is 0.118. The van der Waals surface area contributed by atoms with Crippen molar-refractivity contribution in [1.29, 1.82) is 0 Å². The molecule has 3 aromatic rings. The molecule has 3 rings (SSSR count). The predicted octanol–water partition coefficient (Wildman–Crippen LogP) is 3.47. The summed E-state index contributed by atoms with van der Waals surface area (Å²) in [7, 11) is 0. The van der Waals surface area contributed by atoms with Gasteiger partial charge in [-0.15, -0.1) is 0 Å². The number of hydrogen-bond acceptors (Lipinski definition) is 5. The number of aromatic nitrogens is 5. The molecule has 0 aromatic carbocycles. The molecule has 0 saturated heterocycles. The van der Waals surface area contributed by atoms with E-state index in [1.54, 1.807) is 18.5 Å². The highest BCUT2D eigenvalue weighted by atomic mass is 15.2. The van der Waals surface area contributed by atoms with Gasteiger partial charge >= 0.3 is 0 Å². The summed E-state index contributed by atoms with van der Waals surface area (Å²) in [4.78, 5) is 20.0. The molecule has 0 aliphatic heterocycles. The van der Waals surface area contributed by atoms with Gasteiger partial charge in [0.15, 0.2) is 17.3 Å². The first-order valence-electron chi connectivity index (χ1n) is 7.41. The maximum absolute atomic E-state index is 4.57. The summed E-state index contributed by atoms with van der Waals surface area (Å²) in [6.07, 6.45) is 5.83. The van der Waals surface area contributed by atoms with Crippen LogP contribution in [0.1, 0.15) is 18.1 Å². The summed E-state index contributed by atoms with van der Waals surface area (Å²) >= 11 is 0. The van der Waals surface area contributed by atoms with Crippen LogP contribution in [-0.2, 0) is 6.42 Å². The number of nitrogens with one attached hydrogen (secondary N) is 2. The van der Waals surface area contributed by atoms with Crippen molar-refractivity contribution >= 4 is 36.0 Å². The Kier molecular flexibility index (Phi) is 4.15. The Morgan fingerprint density at radius 2 is 2.21 bits per heavy atom. The number of aromatic amines is 2. The van der Waals surface area contributed by atoms with E-state index >= 15 is 0 Å². The highest BCUT2D eigenvalue weighted by molar-refractivity contribution is 5.91. The Labute approximate surface area is 139 Å². The van der Waals surface area contributed by atoms with Crippen molar-refractivity contribution in [3.05, 3.63) is 42.2 Å². The molecule has 0 aliphatic carbocycles. The maximum Gasteiger partial charge on any atom is 0.178 e. The summed E-state index contributed by atoms with van der Waals surface area (Å²) in [6.45, 7) is 12.9. The molecule has 2 N–H and O–H groups in total. The van der Waals surface area contributed by atoms with Crippen LogP contribution in [0.2, 0.25) is 0 Å². The minimum atomic E-state index is 0.587. The van der Waals surface area contributed by atoms with Crippen molar-refractivity contribution in [2.24, 2.45) is 9.98 Å². The number of rotatable bonds is 6. The van der Waals surface area contributed by atoms with Crippen LogP contribution < -0.4 is 0 Å². The molecule has 0 unspecified atom stereocenters. The third kappa shape index (κ3) is 2.45. The van der Waals surface area contributed by atoms with Gasteiger partial charge in [-0.3, -0.25) is 10.1 Å². The van der Waals surface area contributed by atoms with Crippen LogP contribution in [0.5, 0.6) is 0 Å². The van der Waals surface area contributed by atoms with Crippen LogP contribution in [0.3, 0.4) is 0 Å². The number of imidazole rings is 1. The van der Waals surface area contributed by atoms with E-state index in [0.717, 1.165) is 34.3 Å². The fourth-order valence-electron chi connectivity index (χ4n) is 2.62. The van der Waals surface area contributed by atoms with Crippen molar-refractivity contribution in [2.75, 3.05) is 0 Å². The normalized spacial score (nSPS) is 11.6. The molecule has 0 aliphatic rings. The molecule has 120 valence electrons. The maximum atomic E-state index is 4.57. The van der Waals surface area contributed by atoms with Gasteiger partial charge in [0.2, 0.25) is 0 Å². The molecule has 0 spiro atoms. The van der Waals surface area contributed by atoms with Crippen LogP contribution in [0.4, 0.5) is 5.82 Å². The number of hydrogen-bond donors (Lipinski definition) is 2. The zero-order valence-electron chi connectivity index (χ0n) is 13.4. The van der Waals surface area contributed by atoms with Gasteiger partial charge in [-0.1, -0.05) is 19.6 Å². The standard InChI is InChI=1S/C17H17N7/c1-5-10(9-18-3)12-7-8-20-16-13(12)21-17(22-16)14-11(6-2)15(19-4)24-23-14/h5,7-9H,1,3-4,6H2,2H3,(H,23,24)(H,20,21,22)/b10-9+. The van der Waals surface area contributed by atoms with Gasteiger partial charge in [0.05, 0.1) is 5.52 Å². The van der Waals surface area contributed by atoms with Crippen molar-refractivity contribution in [3.63, 3.8) is 0 Å². The number of nitrogens with zero attached hydrogens (tertiary/aromatic N) is 5. The lowest BCUT2D eigenvalue weighted by molar-refractivity contribution is 1.08. The summed E-state index contributed by atoms with van der Waals surface area (Å²) in [6, 6.07) is 1.88. The molecular formula is C17H17N7. The molecule has 24 heavy (non-hydrogen) atoms. The van der Waals surface area contributed by atoms with Gasteiger partial charge in [0.1, 0.15) is 5.69 Å². The molecule has 7 heteroatoms. The summed E-state index contributed by atoms with van der Waals surface area (Å²) < 4.78 is 0. The minimum absolute atomic E-state index is 0.587. The van der Waals surface area contributed by atoms with Crippen LogP contribution in [0, 0.1) is 0 Å². The second-order valence-electron chi connectivity index (χ2n) is 5.03. The molecule has 7 nitrogen and oxygen atoms in total. The van der Waals surface area contributed by atoms with Crippen molar-refractivity contribution in [2.45, 2.75) is 13.3 Å². The molecule has 0 amide bonds. The average Bonchev–Trinajstić information content (AvgIpc) is 3.22. The van der Waals surface area contributed by atoms with Gasteiger partial charge in [-0.25, -0.2) is 15.0 Å². The molecule has 0 saturated carbocycles. The largest absolute Gasteiger partial charge is 0.335 e.